The van der Waals surface area contributed by atoms with E-state index in [-0.39, 0.29) is 17.3 Å². The molecule has 9 nitrogen and oxygen atoms in total. The molecule has 9 heteroatoms. The molecule has 0 saturated heterocycles. The van der Waals surface area contributed by atoms with Gasteiger partial charge in [0.2, 0.25) is 11.6 Å². The normalized spacial score (nSPS) is 10.9. The van der Waals surface area contributed by atoms with E-state index in [1.54, 1.807) is 18.2 Å². The standard InChI is InChI=1S/C16H21N5O4/c1-16(2,3)20-15-13(21(22)23)14(17-9-18-15)19-11-8-10(24-4)6-7-12(11)25-5/h6-9H,1-5H3,(H2,17,18,19,20). The van der Waals surface area contributed by atoms with Crippen LogP contribution in [-0.4, -0.2) is 34.6 Å². The fourth-order valence-electron chi connectivity index (χ4n) is 2.13. The average molecular weight is 347 g/mol. The van der Waals surface area contributed by atoms with Gasteiger partial charge in [0, 0.05) is 11.6 Å². The molecule has 1 aromatic heterocycles. The lowest BCUT2D eigenvalue weighted by atomic mass is 10.1. The molecule has 0 bridgehead atoms. The van der Waals surface area contributed by atoms with E-state index in [1.807, 2.05) is 20.8 Å². The summed E-state index contributed by atoms with van der Waals surface area (Å²) in [5.74, 6) is 1.27. The molecule has 0 unspecified atom stereocenters. The highest BCUT2D eigenvalue weighted by atomic mass is 16.6. The van der Waals surface area contributed by atoms with E-state index in [9.17, 15) is 10.1 Å². The Morgan fingerprint density at radius 3 is 2.36 bits per heavy atom. The SMILES string of the molecule is COc1ccc(OC)c(Nc2ncnc(NC(C)(C)C)c2[N+](=O)[O-])c1. The number of ether oxygens (including phenoxy) is 2. The Balaban J connectivity index is 2.50. The quantitative estimate of drug-likeness (QED) is 0.604. The first-order valence-corrected chi connectivity index (χ1v) is 7.52. The van der Waals surface area contributed by atoms with Gasteiger partial charge in [-0.25, -0.2) is 9.97 Å². The highest BCUT2D eigenvalue weighted by Gasteiger charge is 2.26. The molecule has 0 aliphatic heterocycles. The molecule has 0 amide bonds. The fraction of sp³-hybridized carbons (Fsp3) is 0.375. The van der Waals surface area contributed by atoms with Gasteiger partial charge >= 0.3 is 5.69 Å². The lowest BCUT2D eigenvalue weighted by Crippen LogP contribution is -2.27. The van der Waals surface area contributed by atoms with Gasteiger partial charge < -0.3 is 20.1 Å². The molecule has 0 spiro atoms. The van der Waals surface area contributed by atoms with Gasteiger partial charge in [-0.05, 0) is 32.9 Å². The number of benzene rings is 1. The first-order valence-electron chi connectivity index (χ1n) is 7.52. The molecule has 2 rings (SSSR count). The Kier molecular flexibility index (Phi) is 5.26. The Hall–Kier alpha value is -3.10. The zero-order chi connectivity index (χ0) is 18.6. The predicted molar refractivity (Wildman–Crippen MR) is 94.9 cm³/mol. The van der Waals surface area contributed by atoms with Gasteiger partial charge in [0.1, 0.15) is 17.8 Å². The summed E-state index contributed by atoms with van der Waals surface area (Å²) >= 11 is 0. The van der Waals surface area contributed by atoms with Gasteiger partial charge in [0.25, 0.3) is 0 Å². The van der Waals surface area contributed by atoms with Gasteiger partial charge in [0.15, 0.2) is 0 Å². The number of hydrogen-bond donors (Lipinski definition) is 2. The number of nitrogens with zero attached hydrogens (tertiary/aromatic N) is 3. The zero-order valence-corrected chi connectivity index (χ0v) is 14.8. The average Bonchev–Trinajstić information content (AvgIpc) is 2.53. The van der Waals surface area contributed by atoms with Crippen molar-refractivity contribution >= 4 is 23.0 Å². The molecule has 1 heterocycles. The molecule has 2 N–H and O–H groups in total. The molecular formula is C16H21N5O4. The van der Waals surface area contributed by atoms with Gasteiger partial charge in [0.05, 0.1) is 24.8 Å². The summed E-state index contributed by atoms with van der Waals surface area (Å²) in [6, 6.07) is 5.09. The predicted octanol–water partition coefficient (Wildman–Crippen LogP) is 3.36. The number of hydrogen-bond acceptors (Lipinski definition) is 8. The summed E-state index contributed by atoms with van der Waals surface area (Å²) in [4.78, 5) is 19.1. The second-order valence-corrected chi connectivity index (χ2v) is 6.24. The second-order valence-electron chi connectivity index (χ2n) is 6.24. The Morgan fingerprint density at radius 2 is 1.80 bits per heavy atom. The van der Waals surface area contributed by atoms with Gasteiger partial charge in [-0.15, -0.1) is 0 Å². The van der Waals surface area contributed by atoms with Crippen LogP contribution in [0.15, 0.2) is 24.5 Å². The highest BCUT2D eigenvalue weighted by molar-refractivity contribution is 5.76. The molecule has 0 aliphatic carbocycles. The molecule has 0 saturated carbocycles. The second kappa shape index (κ2) is 7.20. The number of nitro groups is 1. The summed E-state index contributed by atoms with van der Waals surface area (Å²) in [6.07, 6.45) is 1.26. The smallest absolute Gasteiger partial charge is 0.353 e. The van der Waals surface area contributed by atoms with Crippen LogP contribution >= 0.6 is 0 Å². The van der Waals surface area contributed by atoms with Crippen molar-refractivity contribution in [3.8, 4) is 11.5 Å². The summed E-state index contributed by atoms with van der Waals surface area (Å²) in [5.41, 5.74) is -0.156. The van der Waals surface area contributed by atoms with Gasteiger partial charge in [-0.2, -0.15) is 0 Å². The lowest BCUT2D eigenvalue weighted by Gasteiger charge is -2.21. The monoisotopic (exact) mass is 347 g/mol. The van der Waals surface area contributed by atoms with Gasteiger partial charge in [-0.1, -0.05) is 0 Å². The van der Waals surface area contributed by atoms with Crippen LogP contribution in [-0.2, 0) is 0 Å². The van der Waals surface area contributed by atoms with E-state index in [0.29, 0.717) is 17.2 Å². The maximum atomic E-state index is 11.6. The minimum absolute atomic E-state index is 0.0540. The van der Waals surface area contributed by atoms with Crippen LogP contribution < -0.4 is 20.1 Å². The number of anilines is 3. The van der Waals surface area contributed by atoms with E-state index in [0.717, 1.165) is 0 Å². The summed E-state index contributed by atoms with van der Waals surface area (Å²) in [7, 11) is 3.04. The Morgan fingerprint density at radius 1 is 1.12 bits per heavy atom. The molecule has 0 fully saturated rings. The van der Waals surface area contributed by atoms with Crippen molar-refractivity contribution in [1.29, 1.82) is 0 Å². The zero-order valence-electron chi connectivity index (χ0n) is 14.8. The number of aromatic nitrogens is 2. The summed E-state index contributed by atoms with van der Waals surface area (Å²) in [6.45, 7) is 5.66. The van der Waals surface area contributed by atoms with Crippen LogP contribution in [0.1, 0.15) is 20.8 Å². The molecular weight excluding hydrogens is 326 g/mol. The van der Waals surface area contributed by atoms with Crippen molar-refractivity contribution in [3.05, 3.63) is 34.6 Å². The van der Waals surface area contributed by atoms with E-state index in [4.69, 9.17) is 9.47 Å². The van der Waals surface area contributed by atoms with E-state index >= 15 is 0 Å². The molecule has 0 radical (unpaired) electrons. The number of rotatable bonds is 6. The van der Waals surface area contributed by atoms with Crippen molar-refractivity contribution in [3.63, 3.8) is 0 Å². The molecule has 0 atom stereocenters. The van der Waals surface area contributed by atoms with Crippen molar-refractivity contribution < 1.29 is 14.4 Å². The van der Waals surface area contributed by atoms with Crippen LogP contribution in [0.25, 0.3) is 0 Å². The van der Waals surface area contributed by atoms with Crippen LogP contribution in [0.3, 0.4) is 0 Å². The van der Waals surface area contributed by atoms with E-state index < -0.39 is 10.5 Å². The number of methoxy groups -OCH3 is 2. The third-order valence-electron chi connectivity index (χ3n) is 3.16. The molecule has 1 aromatic carbocycles. The summed E-state index contributed by atoms with van der Waals surface area (Å²) < 4.78 is 10.5. The van der Waals surface area contributed by atoms with Crippen molar-refractivity contribution in [2.75, 3.05) is 24.9 Å². The Labute approximate surface area is 145 Å². The van der Waals surface area contributed by atoms with Crippen molar-refractivity contribution in [2.24, 2.45) is 0 Å². The van der Waals surface area contributed by atoms with Crippen molar-refractivity contribution in [1.82, 2.24) is 9.97 Å². The lowest BCUT2D eigenvalue weighted by molar-refractivity contribution is -0.383. The van der Waals surface area contributed by atoms with E-state index in [2.05, 4.69) is 20.6 Å². The van der Waals surface area contributed by atoms with Crippen LogP contribution in [0.2, 0.25) is 0 Å². The number of nitrogens with one attached hydrogen (secondary N) is 2. The maximum absolute atomic E-state index is 11.6. The molecule has 2 aromatic rings. The minimum Gasteiger partial charge on any atom is -0.497 e. The molecule has 25 heavy (non-hydrogen) atoms. The third-order valence-corrected chi connectivity index (χ3v) is 3.16. The topological polar surface area (TPSA) is 111 Å². The third kappa shape index (κ3) is 4.46. The molecule has 0 aliphatic rings. The highest BCUT2D eigenvalue weighted by Crippen LogP contribution is 2.36. The molecule has 134 valence electrons. The fourth-order valence-corrected chi connectivity index (χ4v) is 2.13. The van der Waals surface area contributed by atoms with E-state index in [1.165, 1.54) is 20.5 Å². The largest absolute Gasteiger partial charge is 0.497 e. The minimum atomic E-state index is -0.525. The van der Waals surface area contributed by atoms with Crippen LogP contribution in [0.4, 0.5) is 23.0 Å². The first-order chi connectivity index (χ1) is 11.7. The van der Waals surface area contributed by atoms with Crippen molar-refractivity contribution in [2.45, 2.75) is 26.3 Å². The summed E-state index contributed by atoms with van der Waals surface area (Å²) in [5, 5.41) is 17.5. The van der Waals surface area contributed by atoms with Crippen LogP contribution in [0, 0.1) is 10.1 Å². The Bertz CT molecular complexity index is 774. The van der Waals surface area contributed by atoms with Gasteiger partial charge in [-0.3, -0.25) is 10.1 Å². The first kappa shape index (κ1) is 18.2. The van der Waals surface area contributed by atoms with Crippen LogP contribution in [0.5, 0.6) is 11.5 Å². The maximum Gasteiger partial charge on any atom is 0.353 e.